The maximum Gasteiger partial charge on any atom is 0.417 e. The summed E-state index contributed by atoms with van der Waals surface area (Å²) < 4.78 is 39.3. The minimum absolute atomic E-state index is 0.00375. The maximum absolute atomic E-state index is 13.0. The van der Waals surface area contributed by atoms with Crippen molar-refractivity contribution in [3.8, 4) is 0 Å². The normalized spacial score (nSPS) is 15.9. The van der Waals surface area contributed by atoms with E-state index in [1.54, 1.807) is 6.08 Å². The van der Waals surface area contributed by atoms with Gasteiger partial charge in [0.15, 0.2) is 0 Å². The molecule has 0 radical (unpaired) electrons. The first kappa shape index (κ1) is 26.0. The van der Waals surface area contributed by atoms with Gasteiger partial charge in [-0.3, -0.25) is 14.5 Å². The van der Waals surface area contributed by atoms with Crippen LogP contribution in [-0.4, -0.2) is 27.6 Å². The predicted octanol–water partition coefficient (Wildman–Crippen LogP) is 6.93. The van der Waals surface area contributed by atoms with E-state index in [1.165, 1.54) is 22.7 Å². The van der Waals surface area contributed by atoms with Crippen LogP contribution < -0.4 is 5.32 Å². The summed E-state index contributed by atoms with van der Waals surface area (Å²) in [5.41, 5.74) is 0.886. The molecular formula is C24H20ClF3N2O2S2. The molecule has 1 heterocycles. The van der Waals surface area contributed by atoms with E-state index in [0.29, 0.717) is 15.6 Å². The SMILES string of the molecule is CC(=Cc1ccccc1)C=C1SC(=S)N(CCCC(=O)Nc2ccc(Cl)c(C(F)(F)F)c2)C1=O. The van der Waals surface area contributed by atoms with Crippen LogP contribution in [0.25, 0.3) is 6.08 Å². The number of hydrogen-bond acceptors (Lipinski definition) is 4. The van der Waals surface area contributed by atoms with Crippen LogP contribution in [0.1, 0.15) is 30.9 Å². The highest BCUT2D eigenvalue weighted by molar-refractivity contribution is 8.26. The van der Waals surface area contributed by atoms with Gasteiger partial charge in [-0.25, -0.2) is 0 Å². The Morgan fingerprint density at radius 3 is 2.59 bits per heavy atom. The average Bonchev–Trinajstić information content (AvgIpc) is 3.02. The molecule has 178 valence electrons. The summed E-state index contributed by atoms with van der Waals surface area (Å²) in [6.07, 6.45) is -0.589. The van der Waals surface area contributed by atoms with E-state index < -0.39 is 22.7 Å². The number of carbonyl (C=O) groups is 2. The maximum atomic E-state index is 13.0. The molecule has 3 rings (SSSR count). The molecule has 1 aliphatic rings. The molecule has 0 spiro atoms. The molecular weight excluding hydrogens is 505 g/mol. The number of hydrogen-bond donors (Lipinski definition) is 1. The van der Waals surface area contributed by atoms with Gasteiger partial charge in [-0.15, -0.1) is 0 Å². The summed E-state index contributed by atoms with van der Waals surface area (Å²) in [5, 5.41) is 1.99. The summed E-state index contributed by atoms with van der Waals surface area (Å²) >= 11 is 12.1. The Hall–Kier alpha value is -2.62. The van der Waals surface area contributed by atoms with E-state index in [4.69, 9.17) is 23.8 Å². The van der Waals surface area contributed by atoms with Crippen LogP contribution in [-0.2, 0) is 15.8 Å². The molecule has 0 bridgehead atoms. The number of allylic oxidation sites excluding steroid dienone is 2. The van der Waals surface area contributed by atoms with E-state index in [2.05, 4.69) is 5.32 Å². The summed E-state index contributed by atoms with van der Waals surface area (Å²) in [6.45, 7) is 2.12. The van der Waals surface area contributed by atoms with E-state index in [-0.39, 0.29) is 24.6 Å². The Kier molecular flexibility index (Phi) is 8.57. The molecule has 0 aliphatic carbocycles. The lowest BCUT2D eigenvalue weighted by Gasteiger charge is -2.14. The van der Waals surface area contributed by atoms with Gasteiger partial charge in [0.2, 0.25) is 5.91 Å². The summed E-state index contributed by atoms with van der Waals surface area (Å²) in [4.78, 5) is 26.9. The quantitative estimate of drug-likeness (QED) is 0.315. The van der Waals surface area contributed by atoms with Crippen molar-refractivity contribution < 1.29 is 22.8 Å². The number of thioether (sulfide) groups is 1. The lowest BCUT2D eigenvalue weighted by molar-refractivity contribution is -0.137. The van der Waals surface area contributed by atoms with Gasteiger partial charge in [-0.2, -0.15) is 13.2 Å². The molecule has 1 saturated heterocycles. The van der Waals surface area contributed by atoms with Crippen molar-refractivity contribution >= 4 is 63.5 Å². The molecule has 1 aliphatic heterocycles. The third kappa shape index (κ3) is 6.94. The molecule has 0 unspecified atom stereocenters. The fourth-order valence-electron chi connectivity index (χ4n) is 3.19. The highest BCUT2D eigenvalue weighted by Gasteiger charge is 2.34. The number of carbonyl (C=O) groups excluding carboxylic acids is 2. The second-order valence-electron chi connectivity index (χ2n) is 7.48. The van der Waals surface area contributed by atoms with E-state index in [0.717, 1.165) is 23.3 Å². The molecule has 2 aromatic rings. The van der Waals surface area contributed by atoms with Crippen LogP contribution in [0.2, 0.25) is 5.02 Å². The Bertz CT molecular complexity index is 1160. The van der Waals surface area contributed by atoms with Crippen molar-refractivity contribution in [1.82, 2.24) is 4.90 Å². The third-order valence-corrected chi connectivity index (χ3v) is 6.47. The van der Waals surface area contributed by atoms with Gasteiger partial charge in [-0.05, 0) is 48.8 Å². The Morgan fingerprint density at radius 1 is 1.21 bits per heavy atom. The van der Waals surface area contributed by atoms with Gasteiger partial charge in [0, 0.05) is 18.7 Å². The topological polar surface area (TPSA) is 49.4 Å². The number of alkyl halides is 3. The first-order valence-corrected chi connectivity index (χ1v) is 11.8. The summed E-state index contributed by atoms with van der Waals surface area (Å²) in [7, 11) is 0. The van der Waals surface area contributed by atoms with Crippen LogP contribution in [0.3, 0.4) is 0 Å². The lowest BCUT2D eigenvalue weighted by atomic mass is 10.1. The zero-order chi connectivity index (χ0) is 24.9. The van der Waals surface area contributed by atoms with Crippen molar-refractivity contribution in [2.75, 3.05) is 11.9 Å². The number of thiocarbonyl (C=S) groups is 1. The average molecular weight is 525 g/mol. The fourth-order valence-corrected chi connectivity index (χ4v) is 4.78. The summed E-state index contributed by atoms with van der Waals surface area (Å²) in [6, 6.07) is 12.9. The van der Waals surface area contributed by atoms with Crippen LogP contribution in [0.15, 0.2) is 65.1 Å². The van der Waals surface area contributed by atoms with Crippen molar-refractivity contribution in [1.29, 1.82) is 0 Å². The summed E-state index contributed by atoms with van der Waals surface area (Å²) in [5.74, 6) is -0.707. The minimum atomic E-state index is -4.62. The van der Waals surface area contributed by atoms with E-state index in [9.17, 15) is 22.8 Å². The molecule has 2 amide bonds. The van der Waals surface area contributed by atoms with Gasteiger partial charge in [0.1, 0.15) is 4.32 Å². The van der Waals surface area contributed by atoms with Crippen molar-refractivity contribution in [3.05, 3.63) is 81.2 Å². The van der Waals surface area contributed by atoms with Crippen molar-refractivity contribution in [2.24, 2.45) is 0 Å². The van der Waals surface area contributed by atoms with Crippen LogP contribution in [0, 0.1) is 0 Å². The first-order valence-electron chi connectivity index (χ1n) is 10.2. The highest BCUT2D eigenvalue weighted by Crippen LogP contribution is 2.36. The molecule has 1 fully saturated rings. The predicted molar refractivity (Wildman–Crippen MR) is 134 cm³/mol. The molecule has 10 heteroatoms. The van der Waals surface area contributed by atoms with Gasteiger partial charge in [0.25, 0.3) is 5.91 Å². The minimum Gasteiger partial charge on any atom is -0.326 e. The molecule has 2 aromatic carbocycles. The van der Waals surface area contributed by atoms with E-state index >= 15 is 0 Å². The Morgan fingerprint density at radius 2 is 1.91 bits per heavy atom. The number of rotatable bonds is 7. The molecule has 34 heavy (non-hydrogen) atoms. The smallest absolute Gasteiger partial charge is 0.326 e. The number of halogens is 4. The molecule has 1 N–H and O–H groups in total. The lowest BCUT2D eigenvalue weighted by Crippen LogP contribution is -2.29. The van der Waals surface area contributed by atoms with Crippen LogP contribution >= 0.6 is 35.6 Å². The van der Waals surface area contributed by atoms with Crippen molar-refractivity contribution in [2.45, 2.75) is 25.9 Å². The van der Waals surface area contributed by atoms with Gasteiger partial charge in [-0.1, -0.05) is 72.0 Å². The molecule has 0 aromatic heterocycles. The third-order valence-electron chi connectivity index (χ3n) is 4.77. The van der Waals surface area contributed by atoms with Crippen molar-refractivity contribution in [3.63, 3.8) is 0 Å². The Labute approximate surface area is 209 Å². The number of nitrogens with one attached hydrogen (secondary N) is 1. The molecule has 4 nitrogen and oxygen atoms in total. The monoisotopic (exact) mass is 524 g/mol. The van der Waals surface area contributed by atoms with E-state index in [1.807, 2.05) is 43.3 Å². The largest absolute Gasteiger partial charge is 0.417 e. The zero-order valence-corrected chi connectivity index (χ0v) is 20.4. The zero-order valence-electron chi connectivity index (χ0n) is 18.0. The van der Waals surface area contributed by atoms with Gasteiger partial charge >= 0.3 is 6.18 Å². The highest BCUT2D eigenvalue weighted by atomic mass is 35.5. The number of anilines is 1. The molecule has 0 atom stereocenters. The van der Waals surface area contributed by atoms with Crippen LogP contribution in [0.4, 0.5) is 18.9 Å². The second-order valence-corrected chi connectivity index (χ2v) is 9.56. The number of benzene rings is 2. The fraction of sp³-hybridized carbons (Fsp3) is 0.208. The Balaban J connectivity index is 1.55. The number of amides is 2. The van der Waals surface area contributed by atoms with Gasteiger partial charge in [0.05, 0.1) is 15.5 Å². The second kappa shape index (κ2) is 11.2. The van der Waals surface area contributed by atoms with Crippen LogP contribution in [0.5, 0.6) is 0 Å². The standard InChI is InChI=1S/C24H20ClF3N2O2S2/c1-15(12-16-6-3-2-4-7-16)13-20-22(32)30(23(33)34-20)11-5-8-21(31)29-17-9-10-19(25)18(14-17)24(26,27)28/h2-4,6-7,9-10,12-14H,5,8,11H2,1H3,(H,29,31). The first-order chi connectivity index (χ1) is 16.0. The molecule has 0 saturated carbocycles. The van der Waals surface area contributed by atoms with Gasteiger partial charge < -0.3 is 5.32 Å². The number of nitrogens with zero attached hydrogens (tertiary/aromatic N) is 1.